The Labute approximate surface area is 312 Å². The number of nitrogens with zero attached hydrogens (tertiary/aromatic N) is 4. The van der Waals surface area contributed by atoms with Gasteiger partial charge < -0.3 is 10.2 Å². The summed E-state index contributed by atoms with van der Waals surface area (Å²) in [6.07, 6.45) is 2.19. The number of hydrogen-bond acceptors (Lipinski definition) is 8. The van der Waals surface area contributed by atoms with Crippen molar-refractivity contribution in [2.45, 2.75) is 45.4 Å². The highest BCUT2D eigenvalue weighted by atomic mass is 35.5. The van der Waals surface area contributed by atoms with Gasteiger partial charge in [0.15, 0.2) is 0 Å². The van der Waals surface area contributed by atoms with Crippen LogP contribution in [0.4, 0.5) is 5.82 Å². The summed E-state index contributed by atoms with van der Waals surface area (Å²) in [6, 6.07) is 12.0. The number of aliphatic carboxylic acids is 1. The van der Waals surface area contributed by atoms with Crippen molar-refractivity contribution in [1.82, 2.24) is 14.7 Å². The molecule has 1 saturated carbocycles. The monoisotopic (exact) mass is 760 g/mol. The number of thiophene rings is 1. The van der Waals surface area contributed by atoms with Gasteiger partial charge in [-0.1, -0.05) is 34.9 Å². The number of aromatic hydroxyl groups is 1. The summed E-state index contributed by atoms with van der Waals surface area (Å²) >= 11 is 14.3. The topological polar surface area (TPSA) is 150 Å². The van der Waals surface area contributed by atoms with Crippen molar-refractivity contribution in [3.63, 3.8) is 0 Å². The van der Waals surface area contributed by atoms with Crippen molar-refractivity contribution >= 4 is 80.0 Å². The van der Waals surface area contributed by atoms with Crippen LogP contribution >= 0.6 is 34.5 Å². The number of aryl methyl sites for hydroxylation is 2. The summed E-state index contributed by atoms with van der Waals surface area (Å²) in [7, 11) is 1.68. The van der Waals surface area contributed by atoms with E-state index in [1.54, 1.807) is 26.1 Å². The van der Waals surface area contributed by atoms with E-state index in [2.05, 4.69) is 0 Å². The molecule has 2 aromatic carbocycles. The van der Waals surface area contributed by atoms with Crippen molar-refractivity contribution in [1.29, 1.82) is 0 Å². The van der Waals surface area contributed by atoms with Crippen LogP contribution in [0.3, 0.4) is 0 Å². The van der Waals surface area contributed by atoms with Gasteiger partial charge in [-0.25, -0.2) is 4.90 Å². The molecule has 8 rings (SSSR count). The molecule has 4 amide bonds. The Morgan fingerprint density at radius 3 is 2.50 bits per heavy atom. The van der Waals surface area contributed by atoms with Gasteiger partial charge in [0, 0.05) is 52.3 Å². The maximum Gasteiger partial charge on any atom is 0.303 e. The molecule has 268 valence electrons. The summed E-state index contributed by atoms with van der Waals surface area (Å²) in [5, 5.41) is 27.1. The number of imide groups is 2. The first kappa shape index (κ1) is 34.6. The van der Waals surface area contributed by atoms with E-state index in [1.165, 1.54) is 33.1 Å². The fourth-order valence-electron chi connectivity index (χ4n) is 9.22. The van der Waals surface area contributed by atoms with Gasteiger partial charge in [0.05, 0.1) is 28.0 Å². The molecular weight excluding hydrogens is 727 g/mol. The number of fused-ring (bicyclic) bond motifs is 5. The van der Waals surface area contributed by atoms with Crippen LogP contribution < -0.4 is 4.90 Å². The lowest BCUT2D eigenvalue weighted by molar-refractivity contribution is -0.142. The maximum absolute atomic E-state index is 15.0. The lowest BCUT2D eigenvalue weighted by atomic mass is 9.51. The second kappa shape index (κ2) is 12.3. The minimum Gasteiger partial charge on any atom is -0.508 e. The van der Waals surface area contributed by atoms with E-state index in [-0.39, 0.29) is 49.7 Å². The number of carboxylic acids is 1. The third kappa shape index (κ3) is 4.98. The molecule has 6 unspecified atom stereocenters. The lowest BCUT2D eigenvalue weighted by Gasteiger charge is -2.49. The molecule has 4 aromatic rings. The number of phenols is 1. The summed E-state index contributed by atoms with van der Waals surface area (Å²) in [4.78, 5) is 71.7. The number of phenolic OH excluding ortho intramolecular Hbond substituents is 1. The van der Waals surface area contributed by atoms with Crippen molar-refractivity contribution in [2.24, 2.45) is 36.1 Å². The van der Waals surface area contributed by atoms with Crippen molar-refractivity contribution < 1.29 is 34.2 Å². The number of benzene rings is 2. The predicted molar refractivity (Wildman–Crippen MR) is 195 cm³/mol. The first-order chi connectivity index (χ1) is 24.7. The zero-order valence-electron chi connectivity index (χ0n) is 28.4. The predicted octanol–water partition coefficient (Wildman–Crippen LogP) is 6.72. The van der Waals surface area contributed by atoms with Crippen molar-refractivity contribution in [2.75, 3.05) is 11.4 Å². The molecule has 0 spiro atoms. The van der Waals surface area contributed by atoms with E-state index in [1.807, 2.05) is 31.2 Å². The minimum atomic E-state index is -1.39. The first-order valence-corrected chi connectivity index (χ1v) is 18.7. The molecule has 4 heterocycles. The Morgan fingerprint density at radius 1 is 1.02 bits per heavy atom. The number of aromatic nitrogens is 2. The van der Waals surface area contributed by atoms with Crippen LogP contribution in [-0.4, -0.2) is 61.0 Å². The average molecular weight is 762 g/mol. The number of carbonyl (C=O) groups excluding carboxylic acids is 4. The van der Waals surface area contributed by atoms with Crippen molar-refractivity contribution in [3.05, 3.63) is 75.3 Å². The van der Waals surface area contributed by atoms with Crippen LogP contribution in [0.1, 0.15) is 49.7 Å². The quantitative estimate of drug-likeness (QED) is 0.156. The second-order valence-corrected chi connectivity index (χ2v) is 16.3. The molecular formula is C38H34Cl2N4O7S. The van der Waals surface area contributed by atoms with Crippen LogP contribution in [0.2, 0.25) is 10.0 Å². The Hall–Kier alpha value is -4.52. The molecule has 11 nitrogen and oxygen atoms in total. The molecule has 2 N–H and O–H groups in total. The molecule has 6 atom stereocenters. The van der Waals surface area contributed by atoms with Crippen LogP contribution in [0.5, 0.6) is 5.75 Å². The first-order valence-electron chi connectivity index (χ1n) is 17.1. The van der Waals surface area contributed by atoms with Crippen LogP contribution in [0, 0.1) is 36.0 Å². The van der Waals surface area contributed by atoms with Gasteiger partial charge in [0.1, 0.15) is 17.3 Å². The minimum absolute atomic E-state index is 0.0149. The molecule has 52 heavy (non-hydrogen) atoms. The van der Waals surface area contributed by atoms with Gasteiger partial charge in [-0.2, -0.15) is 5.10 Å². The molecule has 2 aromatic heterocycles. The summed E-state index contributed by atoms with van der Waals surface area (Å²) in [6.45, 7) is 3.70. The third-order valence-electron chi connectivity index (χ3n) is 11.7. The number of carbonyl (C=O) groups is 5. The summed E-state index contributed by atoms with van der Waals surface area (Å²) < 4.78 is 2.54. The Balaban J connectivity index is 1.22. The number of likely N-dealkylation sites (tertiary alicyclic amines) is 1. The summed E-state index contributed by atoms with van der Waals surface area (Å²) in [5.74, 6) is -6.34. The molecule has 2 aliphatic heterocycles. The molecule has 2 saturated heterocycles. The summed E-state index contributed by atoms with van der Waals surface area (Å²) in [5.41, 5.74) is 1.24. The largest absolute Gasteiger partial charge is 0.508 e. The van der Waals surface area contributed by atoms with Crippen LogP contribution in [-0.2, 0) is 31.0 Å². The second-order valence-electron chi connectivity index (χ2n) is 14.4. The number of carboxylic acid groups (broad SMARTS) is 1. The van der Waals surface area contributed by atoms with E-state index < -0.39 is 58.7 Å². The number of halogens is 2. The Bertz CT molecular complexity index is 2300. The number of anilines is 1. The van der Waals surface area contributed by atoms with E-state index in [0.29, 0.717) is 26.9 Å². The van der Waals surface area contributed by atoms with Gasteiger partial charge in [-0.3, -0.25) is 33.6 Å². The number of amides is 4. The van der Waals surface area contributed by atoms with E-state index in [0.717, 1.165) is 25.4 Å². The average Bonchev–Trinajstić information content (AvgIpc) is 3.76. The zero-order valence-corrected chi connectivity index (χ0v) is 30.8. The normalized spacial score (nSPS) is 26.9. The zero-order chi connectivity index (χ0) is 37.0. The highest BCUT2D eigenvalue weighted by Gasteiger charge is 2.68. The molecule has 4 aliphatic rings. The van der Waals surface area contributed by atoms with E-state index in [9.17, 15) is 29.1 Å². The third-order valence-corrected chi connectivity index (χ3v) is 13.4. The van der Waals surface area contributed by atoms with Crippen LogP contribution in [0.15, 0.2) is 54.1 Å². The Kier molecular flexibility index (Phi) is 8.16. The van der Waals surface area contributed by atoms with Gasteiger partial charge >= 0.3 is 5.97 Å². The number of hydrogen-bond donors (Lipinski definition) is 2. The van der Waals surface area contributed by atoms with E-state index in [4.69, 9.17) is 33.4 Å². The SMILES string of the molecule is Cc1c(-c2cc(N3C(=O)C4CC5C(=CCC6C(=O)N(CCCC(=O)O)C(=O)C65)C(c5cc(Cl)ccc5O)C4(C)C3=O)n(C)n2)sc2ccc(Cl)cc12. The highest BCUT2D eigenvalue weighted by molar-refractivity contribution is 7.22. The smallest absolute Gasteiger partial charge is 0.303 e. The fourth-order valence-corrected chi connectivity index (χ4v) is 10.7. The fraction of sp³-hybridized carbons (Fsp3) is 0.368. The standard InChI is InChI=1S/C38H34Cl2N4O7S/c1-17-22-13-19(40)7-11-28(22)52-33(17)26-16-29(42(3)41-26)44-35(49)25-15-23-20(32(38(25,2)37(44)51)24-14-18(39)6-10-27(24)45)8-9-21-31(23)36(50)43(34(21)48)12-4-5-30(46)47/h6-8,10-11,13-14,16,21,23,25,31-32,45H,4-5,9,12,15H2,1-3H3,(H,46,47). The maximum atomic E-state index is 15.0. The van der Waals surface area contributed by atoms with E-state index >= 15 is 0 Å². The number of rotatable bonds is 7. The number of allylic oxidation sites excluding steroid dienone is 2. The van der Waals surface area contributed by atoms with Gasteiger partial charge in [-0.05, 0) is 86.4 Å². The highest BCUT2D eigenvalue weighted by Crippen LogP contribution is 2.64. The van der Waals surface area contributed by atoms with Gasteiger partial charge in [-0.15, -0.1) is 11.3 Å². The molecule has 2 aliphatic carbocycles. The Morgan fingerprint density at radius 2 is 1.75 bits per heavy atom. The lowest BCUT2D eigenvalue weighted by Crippen LogP contribution is -2.49. The van der Waals surface area contributed by atoms with Crippen LogP contribution in [0.25, 0.3) is 20.7 Å². The van der Waals surface area contributed by atoms with Gasteiger partial charge in [0.25, 0.3) is 0 Å². The van der Waals surface area contributed by atoms with Crippen molar-refractivity contribution in [3.8, 4) is 16.3 Å². The molecule has 0 radical (unpaired) electrons. The molecule has 14 heteroatoms. The van der Waals surface area contributed by atoms with Gasteiger partial charge in [0.2, 0.25) is 23.6 Å². The molecule has 0 bridgehead atoms. The molecule has 3 fully saturated rings.